The van der Waals surface area contributed by atoms with Gasteiger partial charge >= 0.3 is 0 Å². The molecule has 6 nitrogen and oxygen atoms in total. The van der Waals surface area contributed by atoms with Gasteiger partial charge in [-0.3, -0.25) is 10.1 Å². The van der Waals surface area contributed by atoms with Crippen molar-refractivity contribution in [3.05, 3.63) is 63.7 Å². The first kappa shape index (κ1) is 14.8. The number of hydrogen-bond acceptors (Lipinski definition) is 5. The number of aliphatic hydroxyl groups excluding tert-OH is 1. The van der Waals surface area contributed by atoms with Crippen LogP contribution < -0.4 is 10.5 Å². The second kappa shape index (κ2) is 6.71. The summed E-state index contributed by atoms with van der Waals surface area (Å²) in [6, 6.07) is 12.0. The Kier molecular flexibility index (Phi) is 4.73. The molecule has 2 rings (SSSR count). The average molecular weight is 288 g/mol. The average Bonchev–Trinajstić information content (AvgIpc) is 2.47. The second-order valence-corrected chi connectivity index (χ2v) is 4.52. The quantitative estimate of drug-likeness (QED) is 0.482. The molecule has 0 spiro atoms. The molecule has 0 aliphatic rings. The van der Waals surface area contributed by atoms with E-state index in [0.29, 0.717) is 17.7 Å². The molecule has 0 heterocycles. The molecule has 0 saturated carbocycles. The molecule has 21 heavy (non-hydrogen) atoms. The molecule has 3 N–H and O–H groups in total. The normalized spacial score (nSPS) is 10.3. The van der Waals surface area contributed by atoms with Gasteiger partial charge in [0.1, 0.15) is 18.0 Å². The van der Waals surface area contributed by atoms with Crippen molar-refractivity contribution in [3.63, 3.8) is 0 Å². The zero-order chi connectivity index (χ0) is 15.2. The van der Waals surface area contributed by atoms with Gasteiger partial charge in [0.2, 0.25) is 0 Å². The summed E-state index contributed by atoms with van der Waals surface area (Å²) < 4.78 is 5.68. The Morgan fingerprint density at radius 1 is 1.24 bits per heavy atom. The molecule has 0 saturated heterocycles. The standard InChI is InChI=1S/C15H16N2O4/c16-13-6-5-11(9-14(13)17(19)20)10-21-15-4-2-1-3-12(15)7-8-18/h1-6,9,18H,7-8,10,16H2. The Hall–Kier alpha value is -2.60. The molecular formula is C15H16N2O4. The minimum absolute atomic E-state index is 0.0354. The van der Waals surface area contributed by atoms with Crippen LogP contribution in [0.4, 0.5) is 11.4 Å². The van der Waals surface area contributed by atoms with Gasteiger partial charge in [-0.1, -0.05) is 24.3 Å². The molecule has 6 heteroatoms. The van der Waals surface area contributed by atoms with E-state index in [-0.39, 0.29) is 24.6 Å². The van der Waals surface area contributed by atoms with E-state index in [1.807, 2.05) is 18.2 Å². The first-order valence-electron chi connectivity index (χ1n) is 6.46. The lowest BCUT2D eigenvalue weighted by Crippen LogP contribution is -2.02. The number of nitrogen functional groups attached to an aromatic ring is 1. The Morgan fingerprint density at radius 2 is 2.00 bits per heavy atom. The maximum atomic E-state index is 10.8. The molecule has 2 aromatic carbocycles. The number of hydrogen-bond donors (Lipinski definition) is 2. The summed E-state index contributed by atoms with van der Waals surface area (Å²) in [6.45, 7) is 0.233. The van der Waals surface area contributed by atoms with Crippen LogP contribution in [0, 0.1) is 10.1 Å². The van der Waals surface area contributed by atoms with E-state index in [9.17, 15) is 10.1 Å². The Bertz CT molecular complexity index is 643. The lowest BCUT2D eigenvalue weighted by Gasteiger charge is -2.11. The molecule has 0 aliphatic carbocycles. The maximum absolute atomic E-state index is 10.8. The van der Waals surface area contributed by atoms with Crippen molar-refractivity contribution in [2.75, 3.05) is 12.3 Å². The monoisotopic (exact) mass is 288 g/mol. The summed E-state index contributed by atoms with van der Waals surface area (Å²) in [6.07, 6.45) is 0.498. The number of nitro benzene ring substituents is 1. The lowest BCUT2D eigenvalue weighted by molar-refractivity contribution is -0.384. The van der Waals surface area contributed by atoms with E-state index in [4.69, 9.17) is 15.6 Å². The van der Waals surface area contributed by atoms with Crippen molar-refractivity contribution in [2.45, 2.75) is 13.0 Å². The number of anilines is 1. The van der Waals surface area contributed by atoms with Gasteiger partial charge in [0.05, 0.1) is 4.92 Å². The van der Waals surface area contributed by atoms with E-state index in [2.05, 4.69) is 0 Å². The summed E-state index contributed by atoms with van der Waals surface area (Å²) in [5.41, 5.74) is 7.11. The summed E-state index contributed by atoms with van der Waals surface area (Å²) >= 11 is 0. The number of nitro groups is 1. The van der Waals surface area contributed by atoms with Crippen molar-refractivity contribution in [1.82, 2.24) is 0 Å². The van der Waals surface area contributed by atoms with E-state index < -0.39 is 4.92 Å². The highest BCUT2D eigenvalue weighted by atomic mass is 16.6. The first-order valence-corrected chi connectivity index (χ1v) is 6.46. The van der Waals surface area contributed by atoms with Crippen LogP contribution in [0.25, 0.3) is 0 Å². The number of benzene rings is 2. The number of ether oxygens (including phenoxy) is 1. The van der Waals surface area contributed by atoms with Crippen molar-refractivity contribution < 1.29 is 14.8 Å². The predicted molar refractivity (Wildman–Crippen MR) is 79.1 cm³/mol. The number of aliphatic hydroxyl groups is 1. The van der Waals surface area contributed by atoms with Crippen LogP contribution >= 0.6 is 0 Å². The van der Waals surface area contributed by atoms with E-state index in [1.54, 1.807) is 12.1 Å². The second-order valence-electron chi connectivity index (χ2n) is 4.52. The Morgan fingerprint density at radius 3 is 2.71 bits per heavy atom. The van der Waals surface area contributed by atoms with Crippen LogP contribution in [-0.2, 0) is 13.0 Å². The summed E-state index contributed by atoms with van der Waals surface area (Å²) in [4.78, 5) is 10.3. The molecule has 0 unspecified atom stereocenters. The third kappa shape index (κ3) is 3.70. The zero-order valence-electron chi connectivity index (χ0n) is 11.4. The fourth-order valence-electron chi connectivity index (χ4n) is 1.97. The minimum Gasteiger partial charge on any atom is -0.489 e. The van der Waals surface area contributed by atoms with Gasteiger partial charge < -0.3 is 15.6 Å². The topological polar surface area (TPSA) is 98.6 Å². The first-order chi connectivity index (χ1) is 10.1. The molecule has 0 fully saturated rings. The highest BCUT2D eigenvalue weighted by Crippen LogP contribution is 2.24. The Labute approximate surface area is 121 Å². The summed E-state index contributed by atoms with van der Waals surface area (Å²) in [5, 5.41) is 19.9. The van der Waals surface area contributed by atoms with Crippen molar-refractivity contribution >= 4 is 11.4 Å². The lowest BCUT2D eigenvalue weighted by atomic mass is 10.1. The largest absolute Gasteiger partial charge is 0.489 e. The van der Waals surface area contributed by atoms with Gasteiger partial charge in [0.25, 0.3) is 5.69 Å². The molecule has 2 aromatic rings. The fourth-order valence-corrected chi connectivity index (χ4v) is 1.97. The summed E-state index contributed by atoms with van der Waals surface area (Å²) in [7, 11) is 0. The highest BCUT2D eigenvalue weighted by molar-refractivity contribution is 5.59. The van der Waals surface area contributed by atoms with Gasteiger partial charge in [-0.25, -0.2) is 0 Å². The van der Waals surface area contributed by atoms with E-state index >= 15 is 0 Å². The van der Waals surface area contributed by atoms with Crippen LogP contribution in [0.3, 0.4) is 0 Å². The Balaban J connectivity index is 2.13. The smallest absolute Gasteiger partial charge is 0.292 e. The minimum atomic E-state index is -0.515. The van der Waals surface area contributed by atoms with Crippen LogP contribution in [-0.4, -0.2) is 16.6 Å². The molecule has 0 bridgehead atoms. The van der Waals surface area contributed by atoms with Gasteiger partial charge in [-0.2, -0.15) is 0 Å². The molecule has 0 aromatic heterocycles. The predicted octanol–water partition coefficient (Wildman–Crippen LogP) is 2.29. The molecule has 0 aliphatic heterocycles. The van der Waals surface area contributed by atoms with Gasteiger partial charge in [-0.15, -0.1) is 0 Å². The number of para-hydroxylation sites is 1. The van der Waals surface area contributed by atoms with E-state index in [1.165, 1.54) is 12.1 Å². The zero-order valence-corrected chi connectivity index (χ0v) is 11.4. The van der Waals surface area contributed by atoms with Crippen molar-refractivity contribution in [1.29, 1.82) is 0 Å². The molecular weight excluding hydrogens is 272 g/mol. The van der Waals surface area contributed by atoms with Crippen LogP contribution in [0.5, 0.6) is 5.75 Å². The van der Waals surface area contributed by atoms with Crippen molar-refractivity contribution in [3.8, 4) is 5.75 Å². The van der Waals surface area contributed by atoms with Crippen LogP contribution in [0.15, 0.2) is 42.5 Å². The number of nitrogens with zero attached hydrogens (tertiary/aromatic N) is 1. The third-order valence-corrected chi connectivity index (χ3v) is 3.04. The number of rotatable bonds is 6. The molecule has 110 valence electrons. The molecule has 0 radical (unpaired) electrons. The van der Waals surface area contributed by atoms with E-state index in [0.717, 1.165) is 5.56 Å². The summed E-state index contributed by atoms with van der Waals surface area (Å²) in [5.74, 6) is 0.658. The van der Waals surface area contributed by atoms with Gasteiger partial charge in [0, 0.05) is 12.7 Å². The fraction of sp³-hybridized carbons (Fsp3) is 0.200. The van der Waals surface area contributed by atoms with Crippen LogP contribution in [0.1, 0.15) is 11.1 Å². The third-order valence-electron chi connectivity index (χ3n) is 3.04. The number of nitrogens with two attached hydrogens (primary N) is 1. The maximum Gasteiger partial charge on any atom is 0.292 e. The molecule has 0 amide bonds. The van der Waals surface area contributed by atoms with Gasteiger partial charge in [0.15, 0.2) is 0 Å². The van der Waals surface area contributed by atoms with Gasteiger partial charge in [-0.05, 0) is 29.7 Å². The van der Waals surface area contributed by atoms with Crippen LogP contribution in [0.2, 0.25) is 0 Å². The van der Waals surface area contributed by atoms with Crippen molar-refractivity contribution in [2.24, 2.45) is 0 Å². The SMILES string of the molecule is Nc1ccc(COc2ccccc2CCO)cc1[N+](=O)[O-]. The molecule has 0 atom stereocenters. The highest BCUT2D eigenvalue weighted by Gasteiger charge is 2.12.